The number of hydrogen-bond donors (Lipinski definition) is 0. The van der Waals surface area contributed by atoms with E-state index in [1.807, 2.05) is 0 Å². The predicted octanol–water partition coefficient (Wildman–Crippen LogP) is 14.6. The lowest BCUT2D eigenvalue weighted by Gasteiger charge is -2.45. The molecule has 0 saturated heterocycles. The minimum atomic E-state index is -0.0349. The van der Waals surface area contributed by atoms with E-state index in [9.17, 15) is 0 Å². The molecule has 0 amide bonds. The molecule has 0 spiro atoms. The number of aryl methyl sites for hydroxylation is 1. The molecule has 0 unspecified atom stereocenters. The van der Waals surface area contributed by atoms with Crippen LogP contribution in [-0.4, -0.2) is 6.71 Å². The monoisotopic (exact) mass is 811 g/mol. The molecule has 0 atom stereocenters. The molecular weight excluding hydrogens is 747 g/mol. The van der Waals surface area contributed by atoms with E-state index in [0.717, 1.165) is 0 Å². The molecule has 7 aromatic rings. The lowest BCUT2D eigenvalue weighted by Crippen LogP contribution is -2.61. The van der Waals surface area contributed by atoms with Crippen molar-refractivity contribution in [1.82, 2.24) is 0 Å². The molecule has 312 valence electrons. The molecule has 0 saturated carbocycles. The van der Waals surface area contributed by atoms with Gasteiger partial charge in [0.05, 0.1) is 0 Å². The highest BCUT2D eigenvalue weighted by atomic mass is 15.2. The number of hydrogen-bond acceptors (Lipinski definition) is 2. The maximum Gasteiger partial charge on any atom is 0.252 e. The summed E-state index contributed by atoms with van der Waals surface area (Å²) in [5.41, 5.74) is 22.8. The van der Waals surface area contributed by atoms with Crippen LogP contribution in [0.25, 0.3) is 22.3 Å². The van der Waals surface area contributed by atoms with E-state index in [-0.39, 0.29) is 28.4 Å². The van der Waals surface area contributed by atoms with Crippen LogP contribution in [-0.2, 0) is 21.7 Å². The van der Waals surface area contributed by atoms with E-state index in [1.54, 1.807) is 0 Å². The van der Waals surface area contributed by atoms with Crippen molar-refractivity contribution in [3.05, 3.63) is 173 Å². The fourth-order valence-corrected chi connectivity index (χ4v) is 9.53. The molecule has 9 rings (SSSR count). The van der Waals surface area contributed by atoms with Crippen LogP contribution in [0.1, 0.15) is 111 Å². The second-order valence-corrected chi connectivity index (χ2v) is 22.1. The van der Waals surface area contributed by atoms with Gasteiger partial charge in [-0.1, -0.05) is 180 Å². The fourth-order valence-electron chi connectivity index (χ4n) is 9.53. The van der Waals surface area contributed by atoms with Gasteiger partial charge in [-0.15, -0.1) is 0 Å². The molecule has 62 heavy (non-hydrogen) atoms. The molecule has 0 N–H and O–H groups in total. The Labute approximate surface area is 372 Å². The van der Waals surface area contributed by atoms with Gasteiger partial charge in [-0.25, -0.2) is 0 Å². The van der Waals surface area contributed by atoms with Crippen molar-refractivity contribution >= 4 is 57.2 Å². The Morgan fingerprint density at radius 2 is 0.677 bits per heavy atom. The van der Waals surface area contributed by atoms with E-state index in [0.29, 0.717) is 0 Å². The van der Waals surface area contributed by atoms with E-state index in [2.05, 4.69) is 245 Å². The lowest BCUT2D eigenvalue weighted by molar-refractivity contribution is 0.568. The van der Waals surface area contributed by atoms with Crippen LogP contribution in [0.5, 0.6) is 0 Å². The summed E-state index contributed by atoms with van der Waals surface area (Å²) in [7, 11) is 0. The molecule has 0 aliphatic carbocycles. The summed E-state index contributed by atoms with van der Waals surface area (Å²) in [4.78, 5) is 5.21. The topological polar surface area (TPSA) is 6.48 Å². The average Bonchev–Trinajstić information content (AvgIpc) is 3.22. The summed E-state index contributed by atoms with van der Waals surface area (Å²) >= 11 is 0. The van der Waals surface area contributed by atoms with Crippen molar-refractivity contribution in [3.63, 3.8) is 0 Å². The third-order valence-electron chi connectivity index (χ3n) is 13.2. The summed E-state index contributed by atoms with van der Waals surface area (Å²) < 4.78 is 0. The summed E-state index contributed by atoms with van der Waals surface area (Å²) in [5, 5.41) is 0. The number of nitrogens with zero attached hydrogens (tertiary/aromatic N) is 2. The van der Waals surface area contributed by atoms with Crippen LogP contribution in [0.4, 0.5) is 34.1 Å². The Morgan fingerprint density at radius 1 is 0.339 bits per heavy atom. The molecule has 2 aliphatic rings. The Morgan fingerprint density at radius 3 is 1.00 bits per heavy atom. The van der Waals surface area contributed by atoms with Gasteiger partial charge < -0.3 is 9.80 Å². The first kappa shape index (κ1) is 41.6. The zero-order valence-electron chi connectivity index (χ0n) is 39.3. The zero-order chi connectivity index (χ0) is 44.1. The van der Waals surface area contributed by atoms with Gasteiger partial charge in [0.1, 0.15) is 0 Å². The standard InChI is InChI=1S/C59H63BN2/c1-38-28-53-55-54(29-38)62(48-36-45(58(8,9)10)33-46(37-48)59(11,12)13)52-27-25-42(40-22-18-15-19-23-40)31-50(52)60(55)49-30-41(39-20-16-14-17-21-39)24-26-51(49)61(53)47-34-43(56(2,3)4)32-44(35-47)57(5,6)7/h14-37H,1-13H3. The SMILES string of the molecule is Cc1cc2c3c(c1)N(c1cc(C(C)(C)C)cc(C(C)(C)C)c1)c1ccc(-c4ccccc4)cc1B3c1cc(-c3ccccc3)ccc1N2c1cc(C(C)(C)C)cc(C(C)(C)C)c1. The zero-order valence-corrected chi connectivity index (χ0v) is 39.3. The van der Waals surface area contributed by atoms with Crippen molar-refractivity contribution in [2.45, 2.75) is 112 Å². The first-order valence-corrected chi connectivity index (χ1v) is 22.6. The molecule has 0 aromatic heterocycles. The highest BCUT2D eigenvalue weighted by molar-refractivity contribution is 7.00. The van der Waals surface area contributed by atoms with Gasteiger partial charge in [0.15, 0.2) is 0 Å². The van der Waals surface area contributed by atoms with Gasteiger partial charge in [0, 0.05) is 34.1 Å². The van der Waals surface area contributed by atoms with E-state index < -0.39 is 0 Å². The Bertz CT molecular complexity index is 2590. The lowest BCUT2D eigenvalue weighted by atomic mass is 9.33. The van der Waals surface area contributed by atoms with Crippen LogP contribution >= 0.6 is 0 Å². The van der Waals surface area contributed by atoms with Crippen LogP contribution in [0.3, 0.4) is 0 Å². The van der Waals surface area contributed by atoms with Crippen molar-refractivity contribution in [3.8, 4) is 22.3 Å². The second kappa shape index (κ2) is 14.7. The quantitative estimate of drug-likeness (QED) is 0.163. The Kier molecular flexibility index (Phi) is 9.82. The van der Waals surface area contributed by atoms with Gasteiger partial charge in [0.2, 0.25) is 0 Å². The summed E-state index contributed by atoms with van der Waals surface area (Å²) in [6.45, 7) is 30.4. The maximum atomic E-state index is 2.60. The number of rotatable bonds is 4. The fraction of sp³-hybridized carbons (Fsp3) is 0.288. The molecule has 0 fully saturated rings. The first-order chi connectivity index (χ1) is 29.2. The highest BCUT2D eigenvalue weighted by Crippen LogP contribution is 2.48. The summed E-state index contributed by atoms with van der Waals surface area (Å²) in [6.07, 6.45) is 0. The minimum Gasteiger partial charge on any atom is -0.311 e. The number of fused-ring (bicyclic) bond motifs is 4. The average molecular weight is 811 g/mol. The third-order valence-corrected chi connectivity index (χ3v) is 13.2. The largest absolute Gasteiger partial charge is 0.311 e. The van der Waals surface area contributed by atoms with Crippen molar-refractivity contribution < 1.29 is 0 Å². The second-order valence-electron chi connectivity index (χ2n) is 22.1. The van der Waals surface area contributed by atoms with Gasteiger partial charge in [-0.05, 0) is 144 Å². The van der Waals surface area contributed by atoms with Gasteiger partial charge in [0.25, 0.3) is 6.71 Å². The molecule has 7 aromatic carbocycles. The molecule has 2 heterocycles. The number of anilines is 6. The molecule has 2 nitrogen and oxygen atoms in total. The van der Waals surface area contributed by atoms with Crippen LogP contribution in [0.2, 0.25) is 0 Å². The van der Waals surface area contributed by atoms with Gasteiger partial charge in [-0.3, -0.25) is 0 Å². The normalized spacial score (nSPS) is 13.8. The summed E-state index contributed by atoms with van der Waals surface area (Å²) in [6, 6.07) is 55.9. The molecule has 0 radical (unpaired) electrons. The van der Waals surface area contributed by atoms with Crippen molar-refractivity contribution in [1.29, 1.82) is 0 Å². The highest BCUT2D eigenvalue weighted by Gasteiger charge is 2.44. The Hall–Kier alpha value is -5.80. The maximum absolute atomic E-state index is 2.60. The van der Waals surface area contributed by atoms with Crippen LogP contribution < -0.4 is 26.2 Å². The molecule has 2 aliphatic heterocycles. The van der Waals surface area contributed by atoms with Gasteiger partial charge in [-0.2, -0.15) is 0 Å². The minimum absolute atomic E-state index is 0.00815. The summed E-state index contributed by atoms with van der Waals surface area (Å²) in [5.74, 6) is 0. The van der Waals surface area contributed by atoms with Gasteiger partial charge >= 0.3 is 0 Å². The van der Waals surface area contributed by atoms with Crippen LogP contribution in [0.15, 0.2) is 146 Å². The third kappa shape index (κ3) is 7.38. The van der Waals surface area contributed by atoms with E-state index >= 15 is 0 Å². The smallest absolute Gasteiger partial charge is 0.252 e. The van der Waals surface area contributed by atoms with Crippen molar-refractivity contribution in [2.24, 2.45) is 0 Å². The molecule has 3 heteroatoms. The predicted molar refractivity (Wildman–Crippen MR) is 271 cm³/mol. The van der Waals surface area contributed by atoms with E-state index in [4.69, 9.17) is 0 Å². The van der Waals surface area contributed by atoms with Crippen molar-refractivity contribution in [2.75, 3.05) is 9.80 Å². The van der Waals surface area contributed by atoms with E-state index in [1.165, 1.54) is 101 Å². The van der Waals surface area contributed by atoms with Crippen LogP contribution in [0, 0.1) is 6.92 Å². The number of benzene rings is 7. The molecule has 0 bridgehead atoms. The molecular formula is C59H63BN2. The first-order valence-electron chi connectivity index (χ1n) is 22.6. The Balaban J connectivity index is 1.42.